The van der Waals surface area contributed by atoms with Gasteiger partial charge in [-0.3, -0.25) is 33.6 Å². The van der Waals surface area contributed by atoms with Crippen molar-refractivity contribution in [2.24, 2.45) is 11.8 Å². The molecule has 18 heteroatoms. The number of carbonyl (C=O) groups is 7. The Balaban J connectivity index is 1.36. The molecule has 2 fully saturated rings. The van der Waals surface area contributed by atoms with Crippen LogP contribution < -0.4 is 21.3 Å². The Kier molecular flexibility index (Phi) is 17.7. The molecule has 7 atom stereocenters. The summed E-state index contributed by atoms with van der Waals surface area (Å²) in [6, 6.07) is 13.4. The molecule has 7 amide bonds. The molecule has 2 aliphatic rings. The van der Waals surface area contributed by atoms with E-state index in [1.54, 1.807) is 18.2 Å². The number of piperidine rings is 1. The van der Waals surface area contributed by atoms with E-state index in [4.69, 9.17) is 0 Å². The van der Waals surface area contributed by atoms with Gasteiger partial charge in [-0.1, -0.05) is 88.4 Å². The summed E-state index contributed by atoms with van der Waals surface area (Å²) in [5.41, 5.74) is 2.81. The van der Waals surface area contributed by atoms with Gasteiger partial charge >= 0.3 is 6.01 Å². The van der Waals surface area contributed by atoms with Crippen molar-refractivity contribution in [1.29, 1.82) is 0 Å². The van der Waals surface area contributed by atoms with Gasteiger partial charge in [0.05, 0.1) is 11.1 Å². The van der Waals surface area contributed by atoms with E-state index in [0.717, 1.165) is 22.0 Å². The van der Waals surface area contributed by atoms with Gasteiger partial charge in [0.15, 0.2) is 0 Å². The molecular formula is C58H74N10O8. The number of aromatic nitrogens is 3. The lowest BCUT2D eigenvalue weighted by Gasteiger charge is -2.41. The number of rotatable bonds is 12. The van der Waals surface area contributed by atoms with Gasteiger partial charge in [0, 0.05) is 68.6 Å². The number of likely N-dealkylation sites (N-methyl/N-ethyl adjacent to an activating group) is 2. The minimum absolute atomic E-state index is 0.0226. The molecule has 7 rings (SSSR count). The third-order valence-corrected chi connectivity index (χ3v) is 14.7. The third-order valence-electron chi connectivity index (χ3n) is 14.7. The normalized spacial score (nSPS) is 23.1. The Bertz CT molecular complexity index is 2970. The van der Waals surface area contributed by atoms with E-state index in [-0.39, 0.29) is 50.5 Å². The summed E-state index contributed by atoms with van der Waals surface area (Å²) in [5, 5.41) is 23.1. The van der Waals surface area contributed by atoms with E-state index < -0.39 is 95.2 Å². The maximum atomic E-state index is 15.5. The van der Waals surface area contributed by atoms with Gasteiger partial charge in [-0.25, -0.2) is 4.98 Å². The zero-order valence-corrected chi connectivity index (χ0v) is 45.2. The second-order valence-electron chi connectivity index (χ2n) is 21.9. The first kappa shape index (κ1) is 56.1. The fraction of sp³-hybridized carbons (Fsp3) is 0.466. The van der Waals surface area contributed by atoms with Crippen molar-refractivity contribution in [2.75, 3.05) is 20.6 Å². The Morgan fingerprint density at radius 1 is 0.711 bits per heavy atom. The van der Waals surface area contributed by atoms with Gasteiger partial charge in [0.1, 0.15) is 42.3 Å². The number of allylic oxidation sites excluding steroid dienone is 1. The summed E-state index contributed by atoms with van der Waals surface area (Å²) in [6.45, 7) is 17.5. The average molecular weight is 1040 g/mol. The first-order valence-electron chi connectivity index (χ1n) is 26.3. The second-order valence-corrected chi connectivity index (χ2v) is 21.9. The average Bonchev–Trinajstić information content (AvgIpc) is 3.77. The fourth-order valence-electron chi connectivity index (χ4n) is 10.4. The van der Waals surface area contributed by atoms with Crippen LogP contribution in [0, 0.1) is 11.8 Å². The number of hydrogen-bond donors (Lipinski definition) is 5. The Morgan fingerprint density at radius 3 is 1.99 bits per heavy atom. The molecule has 0 saturated carbocycles. The molecule has 5 aromatic rings. The minimum Gasteiger partial charge on any atom is -0.479 e. The maximum absolute atomic E-state index is 15.5. The lowest BCUT2D eigenvalue weighted by Crippen LogP contribution is -2.62. The van der Waals surface area contributed by atoms with Gasteiger partial charge in [0.2, 0.25) is 41.4 Å². The van der Waals surface area contributed by atoms with Crippen LogP contribution in [0.1, 0.15) is 90.8 Å². The number of hydrogen-bond acceptors (Lipinski definition) is 10. The van der Waals surface area contributed by atoms with Crippen LogP contribution in [0.2, 0.25) is 0 Å². The van der Waals surface area contributed by atoms with Crippen molar-refractivity contribution in [3.8, 4) is 6.01 Å². The highest BCUT2D eigenvalue weighted by molar-refractivity contribution is 5.99. The summed E-state index contributed by atoms with van der Waals surface area (Å²) in [6.07, 6.45) is 6.32. The van der Waals surface area contributed by atoms with Gasteiger partial charge < -0.3 is 45.6 Å². The van der Waals surface area contributed by atoms with Crippen LogP contribution in [-0.2, 0) is 58.4 Å². The number of amides is 7. The number of benzene rings is 3. The highest BCUT2D eigenvalue weighted by Crippen LogP contribution is 2.30. The number of para-hydroxylation sites is 1. The fourth-order valence-corrected chi connectivity index (χ4v) is 10.4. The molecule has 0 aliphatic carbocycles. The second kappa shape index (κ2) is 23.9. The van der Waals surface area contributed by atoms with Gasteiger partial charge in [-0.15, -0.1) is 6.58 Å². The standard InChI is InChI=1S/C58H74N10O8/c1-11-58(7,8)68-33-40(41-20-15-16-21-46(41)68)31-45-55(74)66(10)48(26-34(2)3)52(71)61-44(30-38-23-24-42-39(28-38)32-59-57(76)64-42)50(69)60-36(6)54(73)65(9)47-22-17-25-67(56(47)75)49(27-35(4)5)53(72)62-43(51(70)63-45)29-37-18-13-12-14-19-37/h11-16,18-21,23-24,28,32-36,43-45,47-49H,1,17,22,25-27,29-31H2,2-10H3,(H,60,69)(H,61,71)(H,62,72)(H,63,70)(H,59,64,76)/t36-,43-,44-,45-,47-,48-,49-/m0/s1. The smallest absolute Gasteiger partial charge is 0.314 e. The van der Waals surface area contributed by atoms with E-state index in [0.29, 0.717) is 29.3 Å². The van der Waals surface area contributed by atoms with Crippen molar-refractivity contribution in [1.82, 2.24) is 50.5 Å². The number of nitrogens with zero attached hydrogens (tertiary/aromatic N) is 6. The molecule has 3 aromatic carbocycles. The van der Waals surface area contributed by atoms with Crippen LogP contribution in [0.5, 0.6) is 6.01 Å². The molecule has 404 valence electrons. The van der Waals surface area contributed by atoms with Crippen LogP contribution >= 0.6 is 0 Å². The monoisotopic (exact) mass is 1040 g/mol. The molecule has 5 N–H and O–H groups in total. The SMILES string of the molecule is C=CC(C)(C)n1cc(C[C@@H]2NC(=O)[C@H](Cc3ccccc3)NC(=O)[C@H](CC(C)C)N3CCC[C@@H](C3=O)N(C)C(=O)[C@H](C)NC(=O)[C@H](Cc3ccc4nc(O)ncc4c3)NC(=O)[C@H](CC(C)C)N(C)C2=O)c2ccccc21. The predicted molar refractivity (Wildman–Crippen MR) is 290 cm³/mol. The van der Waals surface area contributed by atoms with Crippen LogP contribution in [0.3, 0.4) is 0 Å². The van der Waals surface area contributed by atoms with Crippen molar-refractivity contribution in [3.63, 3.8) is 0 Å². The van der Waals surface area contributed by atoms with Crippen LogP contribution in [0.4, 0.5) is 0 Å². The highest BCUT2D eigenvalue weighted by atomic mass is 16.3. The lowest BCUT2D eigenvalue weighted by molar-refractivity contribution is -0.153. The summed E-state index contributed by atoms with van der Waals surface area (Å²) in [7, 11) is 3.00. The Labute approximate surface area is 445 Å². The number of carbonyl (C=O) groups excluding carboxylic acids is 7. The van der Waals surface area contributed by atoms with E-state index in [2.05, 4.69) is 42.4 Å². The Hall–Kier alpha value is -7.63. The number of fused-ring (bicyclic) bond motifs is 4. The topological polar surface area (TPSA) is 228 Å². The molecule has 18 nitrogen and oxygen atoms in total. The third kappa shape index (κ3) is 12.9. The van der Waals surface area contributed by atoms with Crippen LogP contribution in [-0.4, -0.2) is 139 Å². The molecule has 2 bridgehead atoms. The molecular weight excluding hydrogens is 965 g/mol. The van der Waals surface area contributed by atoms with E-state index >= 15 is 14.4 Å². The number of nitrogens with one attached hydrogen (secondary N) is 4. The zero-order chi connectivity index (χ0) is 55.2. The summed E-state index contributed by atoms with van der Waals surface area (Å²) in [5.74, 6) is -4.42. The first-order chi connectivity index (χ1) is 36.1. The molecule has 0 radical (unpaired) electrons. The Morgan fingerprint density at radius 2 is 1.32 bits per heavy atom. The van der Waals surface area contributed by atoms with E-state index in [1.807, 2.05) is 108 Å². The van der Waals surface area contributed by atoms with E-state index in [1.165, 1.54) is 41.9 Å². The van der Waals surface area contributed by atoms with Crippen LogP contribution in [0.15, 0.2) is 97.8 Å². The molecule has 0 spiro atoms. The summed E-state index contributed by atoms with van der Waals surface area (Å²) in [4.78, 5) is 116. The first-order valence-corrected chi connectivity index (χ1v) is 26.3. The predicted octanol–water partition coefficient (Wildman–Crippen LogP) is 4.95. The maximum Gasteiger partial charge on any atom is 0.314 e. The minimum atomic E-state index is -1.30. The van der Waals surface area contributed by atoms with Crippen molar-refractivity contribution >= 4 is 63.2 Å². The molecule has 4 heterocycles. The van der Waals surface area contributed by atoms with Gasteiger partial charge in [-0.05, 0) is 93.2 Å². The molecule has 0 unspecified atom stereocenters. The largest absolute Gasteiger partial charge is 0.479 e. The van der Waals surface area contributed by atoms with Gasteiger partial charge in [0.25, 0.3) is 0 Å². The number of aromatic hydroxyl groups is 1. The van der Waals surface area contributed by atoms with Crippen molar-refractivity contribution in [3.05, 3.63) is 115 Å². The molecule has 2 saturated heterocycles. The summed E-state index contributed by atoms with van der Waals surface area (Å²) >= 11 is 0. The molecule has 2 aliphatic heterocycles. The highest BCUT2D eigenvalue weighted by Gasteiger charge is 2.43. The van der Waals surface area contributed by atoms with Crippen molar-refractivity contribution < 1.29 is 38.7 Å². The quantitative estimate of drug-likeness (QED) is 0.106. The van der Waals surface area contributed by atoms with Gasteiger partial charge in [-0.2, -0.15) is 4.98 Å². The molecule has 2 aromatic heterocycles. The van der Waals surface area contributed by atoms with Crippen LogP contribution in [0.25, 0.3) is 21.8 Å². The van der Waals surface area contributed by atoms with E-state index in [9.17, 15) is 24.3 Å². The van der Waals surface area contributed by atoms with Crippen molar-refractivity contribution in [2.45, 2.75) is 141 Å². The lowest BCUT2D eigenvalue weighted by atomic mass is 9.95. The summed E-state index contributed by atoms with van der Waals surface area (Å²) < 4.78 is 2.06. The zero-order valence-electron chi connectivity index (χ0n) is 45.2. The molecule has 76 heavy (non-hydrogen) atoms.